The number of anilines is 2. The number of fused-ring (bicyclic) bond motifs is 1. The van der Waals surface area contributed by atoms with Crippen molar-refractivity contribution in [1.82, 2.24) is 4.98 Å². The SMILES string of the molecule is COC1CCN(c2ccc(NC(=O)CSc3nc4ccccc4o3)cc2)C1. The van der Waals surface area contributed by atoms with Gasteiger partial charge in [0.2, 0.25) is 5.91 Å². The third-order valence-corrected chi connectivity index (χ3v) is 5.42. The number of thioether (sulfide) groups is 1. The van der Waals surface area contributed by atoms with Gasteiger partial charge in [-0.1, -0.05) is 23.9 Å². The summed E-state index contributed by atoms with van der Waals surface area (Å²) in [6, 6.07) is 15.5. The van der Waals surface area contributed by atoms with Crippen molar-refractivity contribution in [2.75, 3.05) is 36.2 Å². The molecule has 140 valence electrons. The number of carbonyl (C=O) groups excluding carboxylic acids is 1. The summed E-state index contributed by atoms with van der Waals surface area (Å²) in [5.74, 6) is 0.159. The predicted octanol–water partition coefficient (Wildman–Crippen LogP) is 3.78. The molecule has 3 aromatic rings. The molecule has 1 N–H and O–H groups in total. The Morgan fingerprint density at radius 2 is 2.11 bits per heavy atom. The van der Waals surface area contributed by atoms with Crippen LogP contribution in [0.25, 0.3) is 11.1 Å². The molecule has 6 nitrogen and oxygen atoms in total. The van der Waals surface area contributed by atoms with Crippen LogP contribution in [0.15, 0.2) is 58.2 Å². The van der Waals surface area contributed by atoms with E-state index >= 15 is 0 Å². The number of nitrogens with one attached hydrogen (secondary N) is 1. The number of hydrogen-bond acceptors (Lipinski definition) is 6. The van der Waals surface area contributed by atoms with Gasteiger partial charge in [0.25, 0.3) is 5.22 Å². The van der Waals surface area contributed by atoms with Crippen LogP contribution in [0.4, 0.5) is 11.4 Å². The zero-order chi connectivity index (χ0) is 18.6. The van der Waals surface area contributed by atoms with Crippen molar-refractivity contribution in [3.05, 3.63) is 48.5 Å². The topological polar surface area (TPSA) is 67.6 Å². The Bertz CT molecular complexity index is 893. The number of nitrogens with zero attached hydrogens (tertiary/aromatic N) is 2. The molecule has 7 heteroatoms. The molecule has 0 aliphatic carbocycles. The number of hydrogen-bond donors (Lipinski definition) is 1. The summed E-state index contributed by atoms with van der Waals surface area (Å²) in [5, 5.41) is 3.41. The van der Waals surface area contributed by atoms with Crippen LogP contribution in [-0.2, 0) is 9.53 Å². The molecule has 1 aliphatic heterocycles. The molecular weight excluding hydrogens is 362 g/mol. The van der Waals surface area contributed by atoms with Crippen molar-refractivity contribution in [2.45, 2.75) is 17.7 Å². The highest BCUT2D eigenvalue weighted by Gasteiger charge is 2.22. The van der Waals surface area contributed by atoms with Crippen LogP contribution in [0.3, 0.4) is 0 Å². The molecule has 1 unspecified atom stereocenters. The Kier molecular flexibility index (Phi) is 5.31. The molecular formula is C20H21N3O3S. The van der Waals surface area contributed by atoms with E-state index in [0.717, 1.165) is 42.0 Å². The van der Waals surface area contributed by atoms with E-state index in [1.165, 1.54) is 11.8 Å². The van der Waals surface area contributed by atoms with E-state index in [4.69, 9.17) is 9.15 Å². The fraction of sp³-hybridized carbons (Fsp3) is 0.300. The minimum atomic E-state index is -0.0874. The third-order valence-electron chi connectivity index (χ3n) is 4.60. The number of rotatable bonds is 6. The Labute approximate surface area is 161 Å². The Morgan fingerprint density at radius 3 is 2.85 bits per heavy atom. The Morgan fingerprint density at radius 1 is 1.30 bits per heavy atom. The van der Waals surface area contributed by atoms with E-state index < -0.39 is 0 Å². The molecule has 1 saturated heterocycles. The van der Waals surface area contributed by atoms with Gasteiger partial charge < -0.3 is 19.4 Å². The van der Waals surface area contributed by atoms with Gasteiger partial charge in [-0.3, -0.25) is 4.79 Å². The summed E-state index contributed by atoms with van der Waals surface area (Å²) in [6.45, 7) is 1.90. The molecule has 1 aromatic heterocycles. The third kappa shape index (κ3) is 4.26. The lowest BCUT2D eigenvalue weighted by Gasteiger charge is -2.18. The summed E-state index contributed by atoms with van der Waals surface area (Å²) < 4.78 is 11.0. The lowest BCUT2D eigenvalue weighted by Crippen LogP contribution is -2.22. The largest absolute Gasteiger partial charge is 0.431 e. The molecule has 1 atom stereocenters. The van der Waals surface area contributed by atoms with Crippen molar-refractivity contribution in [1.29, 1.82) is 0 Å². The zero-order valence-corrected chi connectivity index (χ0v) is 15.9. The van der Waals surface area contributed by atoms with Crippen molar-refractivity contribution >= 4 is 40.1 Å². The van der Waals surface area contributed by atoms with E-state index in [9.17, 15) is 4.79 Å². The average molecular weight is 383 g/mol. The highest BCUT2D eigenvalue weighted by molar-refractivity contribution is 7.99. The Balaban J connectivity index is 1.30. The molecule has 0 radical (unpaired) electrons. The van der Waals surface area contributed by atoms with Gasteiger partial charge in [0, 0.05) is 31.6 Å². The van der Waals surface area contributed by atoms with Crippen molar-refractivity contribution in [3.63, 3.8) is 0 Å². The monoisotopic (exact) mass is 383 g/mol. The number of amides is 1. The summed E-state index contributed by atoms with van der Waals surface area (Å²) in [5.41, 5.74) is 3.46. The highest BCUT2D eigenvalue weighted by atomic mass is 32.2. The summed E-state index contributed by atoms with van der Waals surface area (Å²) in [4.78, 5) is 18.9. The Hall–Kier alpha value is -2.51. The van der Waals surface area contributed by atoms with Gasteiger partial charge in [-0.15, -0.1) is 0 Å². The van der Waals surface area contributed by atoms with Gasteiger partial charge in [-0.25, -0.2) is 4.98 Å². The number of ether oxygens (including phenoxy) is 1. The summed E-state index contributed by atoms with van der Waals surface area (Å²) >= 11 is 1.29. The van der Waals surface area contributed by atoms with Gasteiger partial charge in [0.05, 0.1) is 11.9 Å². The quantitative estimate of drug-likeness (QED) is 0.654. The first kappa shape index (κ1) is 17.9. The van der Waals surface area contributed by atoms with Crippen molar-refractivity contribution < 1.29 is 13.9 Å². The van der Waals surface area contributed by atoms with Crippen LogP contribution in [-0.4, -0.2) is 42.9 Å². The molecule has 1 fully saturated rings. The van der Waals surface area contributed by atoms with Crippen LogP contribution in [0.2, 0.25) is 0 Å². The van der Waals surface area contributed by atoms with Crippen LogP contribution in [0.1, 0.15) is 6.42 Å². The van der Waals surface area contributed by atoms with Crippen molar-refractivity contribution in [2.24, 2.45) is 0 Å². The smallest absolute Gasteiger partial charge is 0.257 e. The van der Waals surface area contributed by atoms with Crippen LogP contribution in [0, 0.1) is 0 Å². The van der Waals surface area contributed by atoms with Gasteiger partial charge in [-0.05, 0) is 42.8 Å². The standard InChI is InChI=1S/C20H21N3O3S/c1-25-16-10-11-23(12-16)15-8-6-14(7-9-15)21-19(24)13-27-20-22-17-4-2-3-5-18(17)26-20/h2-9,16H,10-13H2,1H3,(H,21,24). The normalized spacial score (nSPS) is 16.8. The molecule has 0 spiro atoms. The van der Waals surface area contributed by atoms with Gasteiger partial charge in [0.15, 0.2) is 5.58 Å². The second-order valence-electron chi connectivity index (χ2n) is 6.42. The first-order valence-electron chi connectivity index (χ1n) is 8.87. The number of methoxy groups -OCH3 is 1. The number of oxazole rings is 1. The van der Waals surface area contributed by atoms with Gasteiger partial charge in [-0.2, -0.15) is 0 Å². The first-order valence-corrected chi connectivity index (χ1v) is 9.86. The van der Waals surface area contributed by atoms with Crippen LogP contribution in [0.5, 0.6) is 0 Å². The maximum absolute atomic E-state index is 12.2. The molecule has 0 bridgehead atoms. The van der Waals surface area contributed by atoms with Gasteiger partial charge >= 0.3 is 0 Å². The lowest BCUT2D eigenvalue weighted by atomic mass is 10.2. The number of carbonyl (C=O) groups is 1. The fourth-order valence-electron chi connectivity index (χ4n) is 3.15. The van der Waals surface area contributed by atoms with Crippen LogP contribution >= 0.6 is 11.8 Å². The fourth-order valence-corrected chi connectivity index (χ4v) is 3.79. The molecule has 27 heavy (non-hydrogen) atoms. The van der Waals surface area contributed by atoms with E-state index in [1.54, 1.807) is 7.11 Å². The van der Waals surface area contributed by atoms with E-state index in [-0.39, 0.29) is 11.7 Å². The molecule has 1 amide bonds. The predicted molar refractivity (Wildman–Crippen MR) is 107 cm³/mol. The summed E-state index contributed by atoms with van der Waals surface area (Å²) in [6.07, 6.45) is 1.34. The second-order valence-corrected chi connectivity index (χ2v) is 7.35. The highest BCUT2D eigenvalue weighted by Crippen LogP contribution is 2.25. The molecule has 0 saturated carbocycles. The molecule has 4 rings (SSSR count). The minimum absolute atomic E-state index is 0.0874. The molecule has 2 aromatic carbocycles. The van der Waals surface area contributed by atoms with E-state index in [2.05, 4.69) is 15.2 Å². The number of para-hydroxylation sites is 2. The molecule has 2 heterocycles. The van der Waals surface area contributed by atoms with E-state index in [0.29, 0.717) is 11.3 Å². The average Bonchev–Trinajstić information content (AvgIpc) is 3.33. The van der Waals surface area contributed by atoms with Crippen LogP contribution < -0.4 is 10.2 Å². The van der Waals surface area contributed by atoms with E-state index in [1.807, 2.05) is 48.5 Å². The maximum atomic E-state index is 12.2. The minimum Gasteiger partial charge on any atom is -0.431 e. The lowest BCUT2D eigenvalue weighted by molar-refractivity contribution is -0.113. The summed E-state index contributed by atoms with van der Waals surface area (Å²) in [7, 11) is 1.76. The molecule has 1 aliphatic rings. The number of benzene rings is 2. The first-order chi connectivity index (χ1) is 13.2. The number of aromatic nitrogens is 1. The van der Waals surface area contributed by atoms with Gasteiger partial charge in [0.1, 0.15) is 5.52 Å². The maximum Gasteiger partial charge on any atom is 0.257 e. The van der Waals surface area contributed by atoms with Crippen molar-refractivity contribution in [3.8, 4) is 0 Å². The zero-order valence-electron chi connectivity index (χ0n) is 15.1. The second kappa shape index (κ2) is 8.02.